The molecule has 0 bridgehead atoms. The second kappa shape index (κ2) is 9.08. The molecule has 1 aromatic carbocycles. The molecule has 0 saturated carbocycles. The van der Waals surface area contributed by atoms with Gasteiger partial charge in [-0.2, -0.15) is 0 Å². The van der Waals surface area contributed by atoms with E-state index in [9.17, 15) is 14.0 Å². The maximum absolute atomic E-state index is 12.8. The SMILES string of the molecule is O=C(CNC(=O)Cc1ccc(F)cc1)NCCC1=CCCCC1. The summed E-state index contributed by atoms with van der Waals surface area (Å²) in [5.41, 5.74) is 2.13. The molecule has 0 unspecified atom stereocenters. The van der Waals surface area contributed by atoms with Crippen molar-refractivity contribution in [1.82, 2.24) is 10.6 Å². The Kier molecular flexibility index (Phi) is 6.78. The lowest BCUT2D eigenvalue weighted by Crippen LogP contribution is -2.38. The topological polar surface area (TPSA) is 58.2 Å². The Morgan fingerprint density at radius 3 is 2.52 bits per heavy atom. The molecule has 4 nitrogen and oxygen atoms in total. The van der Waals surface area contributed by atoms with Crippen LogP contribution in [-0.4, -0.2) is 24.9 Å². The molecule has 0 atom stereocenters. The van der Waals surface area contributed by atoms with Crippen LogP contribution >= 0.6 is 0 Å². The third-order valence-electron chi connectivity index (χ3n) is 3.88. The summed E-state index contributed by atoms with van der Waals surface area (Å²) in [5.74, 6) is -0.766. The molecule has 0 heterocycles. The molecule has 0 aliphatic heterocycles. The minimum absolute atomic E-state index is 0.0287. The van der Waals surface area contributed by atoms with E-state index in [1.165, 1.54) is 30.5 Å². The van der Waals surface area contributed by atoms with E-state index in [1.54, 1.807) is 12.1 Å². The van der Waals surface area contributed by atoms with Crippen molar-refractivity contribution in [2.24, 2.45) is 0 Å². The van der Waals surface area contributed by atoms with Gasteiger partial charge in [0.2, 0.25) is 11.8 Å². The molecule has 0 radical (unpaired) electrons. The molecule has 0 saturated heterocycles. The molecule has 0 spiro atoms. The highest BCUT2D eigenvalue weighted by atomic mass is 19.1. The lowest BCUT2D eigenvalue weighted by atomic mass is 9.97. The molecule has 2 rings (SSSR count). The lowest BCUT2D eigenvalue weighted by molar-refractivity contribution is -0.125. The number of amides is 2. The fourth-order valence-corrected chi connectivity index (χ4v) is 2.59. The Hall–Kier alpha value is -2.17. The van der Waals surface area contributed by atoms with Crippen LogP contribution in [0.1, 0.15) is 37.7 Å². The molecule has 124 valence electrons. The monoisotopic (exact) mass is 318 g/mol. The van der Waals surface area contributed by atoms with Crippen LogP contribution in [0.4, 0.5) is 4.39 Å². The quantitative estimate of drug-likeness (QED) is 0.759. The van der Waals surface area contributed by atoms with Crippen molar-refractivity contribution < 1.29 is 14.0 Å². The van der Waals surface area contributed by atoms with Crippen LogP contribution in [0.3, 0.4) is 0 Å². The summed E-state index contributed by atoms with van der Waals surface area (Å²) in [7, 11) is 0. The number of nitrogens with one attached hydrogen (secondary N) is 2. The van der Waals surface area contributed by atoms with Crippen molar-refractivity contribution in [3.63, 3.8) is 0 Å². The van der Waals surface area contributed by atoms with Gasteiger partial charge in [-0.1, -0.05) is 23.8 Å². The molecule has 0 fully saturated rings. The second-order valence-electron chi connectivity index (χ2n) is 5.79. The Balaban J connectivity index is 1.60. The standard InChI is InChI=1S/C18H23FN2O2/c19-16-8-6-15(7-9-16)12-17(22)21-13-18(23)20-11-10-14-4-2-1-3-5-14/h4,6-9H,1-3,5,10-13H2,(H,20,23)(H,21,22). The highest BCUT2D eigenvalue weighted by Crippen LogP contribution is 2.19. The summed E-state index contributed by atoms with van der Waals surface area (Å²) >= 11 is 0. The van der Waals surface area contributed by atoms with Crippen LogP contribution < -0.4 is 10.6 Å². The third-order valence-corrected chi connectivity index (χ3v) is 3.88. The highest BCUT2D eigenvalue weighted by molar-refractivity contribution is 5.85. The van der Waals surface area contributed by atoms with Crippen molar-refractivity contribution in [1.29, 1.82) is 0 Å². The number of hydrogen-bond donors (Lipinski definition) is 2. The Morgan fingerprint density at radius 2 is 1.83 bits per heavy atom. The highest BCUT2D eigenvalue weighted by Gasteiger charge is 2.08. The van der Waals surface area contributed by atoms with Crippen LogP contribution in [0.5, 0.6) is 0 Å². The minimum Gasteiger partial charge on any atom is -0.354 e. The summed E-state index contributed by atoms with van der Waals surface area (Å²) in [4.78, 5) is 23.4. The molecular formula is C18H23FN2O2. The van der Waals surface area contributed by atoms with Crippen LogP contribution in [-0.2, 0) is 16.0 Å². The summed E-state index contributed by atoms with van der Waals surface area (Å²) in [5, 5.41) is 5.39. The van der Waals surface area contributed by atoms with Crippen LogP contribution in [0, 0.1) is 5.82 Å². The fourth-order valence-electron chi connectivity index (χ4n) is 2.59. The van der Waals surface area contributed by atoms with E-state index in [-0.39, 0.29) is 30.6 Å². The van der Waals surface area contributed by atoms with E-state index in [1.807, 2.05) is 0 Å². The van der Waals surface area contributed by atoms with Gasteiger partial charge >= 0.3 is 0 Å². The zero-order valence-electron chi connectivity index (χ0n) is 13.2. The largest absolute Gasteiger partial charge is 0.354 e. The maximum Gasteiger partial charge on any atom is 0.239 e. The van der Waals surface area contributed by atoms with Crippen LogP contribution in [0.2, 0.25) is 0 Å². The van der Waals surface area contributed by atoms with Crippen molar-refractivity contribution in [2.75, 3.05) is 13.1 Å². The third kappa shape index (κ3) is 6.63. The second-order valence-corrected chi connectivity index (χ2v) is 5.79. The Labute approximate surface area is 136 Å². The molecule has 1 aromatic rings. The van der Waals surface area contributed by atoms with E-state index < -0.39 is 0 Å². The minimum atomic E-state index is -0.332. The number of allylic oxidation sites excluding steroid dienone is 1. The number of benzene rings is 1. The van der Waals surface area contributed by atoms with E-state index in [0.29, 0.717) is 12.1 Å². The zero-order chi connectivity index (χ0) is 16.5. The van der Waals surface area contributed by atoms with Crippen LogP contribution in [0.25, 0.3) is 0 Å². The van der Waals surface area contributed by atoms with Gasteiger partial charge in [0.15, 0.2) is 0 Å². The van der Waals surface area contributed by atoms with Gasteiger partial charge in [-0.3, -0.25) is 9.59 Å². The molecule has 1 aliphatic carbocycles. The number of hydrogen-bond acceptors (Lipinski definition) is 2. The van der Waals surface area contributed by atoms with Gasteiger partial charge in [0.05, 0.1) is 13.0 Å². The van der Waals surface area contributed by atoms with Gasteiger partial charge in [0, 0.05) is 6.54 Å². The number of halogens is 1. The molecule has 2 N–H and O–H groups in total. The molecule has 23 heavy (non-hydrogen) atoms. The normalized spacial score (nSPS) is 14.0. The molecule has 2 amide bonds. The first-order chi connectivity index (χ1) is 11.1. The molecule has 5 heteroatoms. The lowest BCUT2D eigenvalue weighted by Gasteiger charge is -2.13. The Bertz CT molecular complexity index is 567. The van der Waals surface area contributed by atoms with Gasteiger partial charge in [0.25, 0.3) is 0 Å². The van der Waals surface area contributed by atoms with E-state index in [0.717, 1.165) is 19.3 Å². The van der Waals surface area contributed by atoms with Crippen molar-refractivity contribution in [2.45, 2.75) is 38.5 Å². The summed E-state index contributed by atoms with van der Waals surface area (Å²) < 4.78 is 12.8. The number of carbonyl (C=O) groups excluding carboxylic acids is 2. The Morgan fingerprint density at radius 1 is 1.04 bits per heavy atom. The molecule has 1 aliphatic rings. The van der Waals surface area contributed by atoms with Crippen LogP contribution in [0.15, 0.2) is 35.9 Å². The molecule has 0 aromatic heterocycles. The number of rotatable bonds is 7. The van der Waals surface area contributed by atoms with E-state index >= 15 is 0 Å². The van der Waals surface area contributed by atoms with Crippen molar-refractivity contribution in [3.8, 4) is 0 Å². The number of carbonyl (C=O) groups is 2. The maximum atomic E-state index is 12.8. The van der Waals surface area contributed by atoms with Crippen molar-refractivity contribution in [3.05, 3.63) is 47.3 Å². The van der Waals surface area contributed by atoms with E-state index in [2.05, 4.69) is 16.7 Å². The first kappa shape index (κ1) is 17.2. The summed E-state index contributed by atoms with van der Waals surface area (Å²) in [6, 6.07) is 5.75. The molecular weight excluding hydrogens is 295 g/mol. The van der Waals surface area contributed by atoms with Gasteiger partial charge < -0.3 is 10.6 Å². The predicted octanol–water partition coefficient (Wildman–Crippen LogP) is 2.49. The zero-order valence-corrected chi connectivity index (χ0v) is 13.2. The first-order valence-electron chi connectivity index (χ1n) is 8.09. The fraction of sp³-hybridized carbons (Fsp3) is 0.444. The summed E-state index contributed by atoms with van der Waals surface area (Å²) in [6.07, 6.45) is 8.05. The average Bonchev–Trinajstić information content (AvgIpc) is 2.56. The van der Waals surface area contributed by atoms with Gasteiger partial charge in [-0.05, 0) is 49.8 Å². The van der Waals surface area contributed by atoms with Gasteiger partial charge in [-0.15, -0.1) is 0 Å². The van der Waals surface area contributed by atoms with Gasteiger partial charge in [-0.25, -0.2) is 4.39 Å². The van der Waals surface area contributed by atoms with Crippen molar-refractivity contribution >= 4 is 11.8 Å². The van der Waals surface area contributed by atoms with E-state index in [4.69, 9.17) is 0 Å². The smallest absolute Gasteiger partial charge is 0.239 e. The predicted molar refractivity (Wildman–Crippen MR) is 87.3 cm³/mol. The summed E-state index contributed by atoms with van der Waals surface area (Å²) in [6.45, 7) is 0.581. The first-order valence-corrected chi connectivity index (χ1v) is 8.09. The van der Waals surface area contributed by atoms with Gasteiger partial charge in [0.1, 0.15) is 5.82 Å². The average molecular weight is 318 g/mol.